The van der Waals surface area contributed by atoms with Gasteiger partial charge in [-0.1, -0.05) is 0 Å². The van der Waals surface area contributed by atoms with Gasteiger partial charge in [-0.2, -0.15) is 0 Å². The van der Waals surface area contributed by atoms with Crippen molar-refractivity contribution in [1.82, 2.24) is 5.32 Å². The predicted molar refractivity (Wildman–Crippen MR) is 65.8 cm³/mol. The van der Waals surface area contributed by atoms with Crippen LogP contribution >= 0.6 is 0 Å². The molecule has 5 nitrogen and oxygen atoms in total. The molecule has 0 aliphatic rings. The number of nitrogens with zero attached hydrogens (tertiary/aromatic N) is 1. The minimum absolute atomic E-state index is 0.0542. The zero-order chi connectivity index (χ0) is 13.5. The zero-order valence-corrected chi connectivity index (χ0v) is 10.5. The van der Waals surface area contributed by atoms with Crippen molar-refractivity contribution in [2.24, 2.45) is 0 Å². The number of benzene rings is 1. The summed E-state index contributed by atoms with van der Waals surface area (Å²) in [4.78, 5) is 9.97. The lowest BCUT2D eigenvalue weighted by atomic mass is 10.2. The molecule has 100 valence electrons. The quantitative estimate of drug-likeness (QED) is 0.600. The number of nitro groups is 1. The number of nitrogens with one attached hydrogen (secondary N) is 1. The summed E-state index contributed by atoms with van der Waals surface area (Å²) in [5.74, 6) is -0.598. The largest absolute Gasteiger partial charge is 0.377 e. The van der Waals surface area contributed by atoms with Crippen molar-refractivity contribution in [3.8, 4) is 0 Å². The molecule has 0 heterocycles. The van der Waals surface area contributed by atoms with Crippen molar-refractivity contribution in [3.05, 3.63) is 39.7 Å². The van der Waals surface area contributed by atoms with Gasteiger partial charge in [-0.05, 0) is 25.5 Å². The molecular formula is C12H17FN2O3. The lowest BCUT2D eigenvalue weighted by Gasteiger charge is -2.12. The Morgan fingerprint density at radius 3 is 2.83 bits per heavy atom. The van der Waals surface area contributed by atoms with Gasteiger partial charge in [0.15, 0.2) is 0 Å². The fourth-order valence-corrected chi connectivity index (χ4v) is 1.60. The first-order valence-electron chi connectivity index (χ1n) is 5.79. The molecule has 6 heteroatoms. The van der Waals surface area contributed by atoms with E-state index in [0.717, 1.165) is 6.07 Å². The van der Waals surface area contributed by atoms with Crippen molar-refractivity contribution in [2.75, 3.05) is 13.2 Å². The molecule has 0 amide bonds. The Hall–Kier alpha value is -1.53. The van der Waals surface area contributed by atoms with Gasteiger partial charge < -0.3 is 10.1 Å². The third kappa shape index (κ3) is 4.77. The van der Waals surface area contributed by atoms with E-state index in [4.69, 9.17) is 4.74 Å². The lowest BCUT2D eigenvalue weighted by molar-refractivity contribution is -0.385. The van der Waals surface area contributed by atoms with Crippen LogP contribution in [0.5, 0.6) is 0 Å². The van der Waals surface area contributed by atoms with Crippen LogP contribution in [0.4, 0.5) is 10.1 Å². The van der Waals surface area contributed by atoms with Crippen molar-refractivity contribution in [1.29, 1.82) is 0 Å². The maximum atomic E-state index is 13.1. The number of nitro benzene ring substituents is 1. The molecule has 0 radical (unpaired) electrons. The second-order valence-electron chi connectivity index (χ2n) is 3.97. The van der Waals surface area contributed by atoms with Crippen molar-refractivity contribution in [3.63, 3.8) is 0 Å². The van der Waals surface area contributed by atoms with E-state index in [1.807, 2.05) is 13.8 Å². The Bertz CT molecular complexity index is 412. The molecule has 0 aliphatic carbocycles. The monoisotopic (exact) mass is 256 g/mol. The molecule has 0 fully saturated rings. The van der Waals surface area contributed by atoms with Gasteiger partial charge in [0.25, 0.3) is 5.69 Å². The first-order valence-corrected chi connectivity index (χ1v) is 5.79. The number of hydrogen-bond acceptors (Lipinski definition) is 4. The first-order chi connectivity index (χ1) is 8.52. The Labute approximate surface area is 105 Å². The molecule has 1 N–H and O–H groups in total. The summed E-state index contributed by atoms with van der Waals surface area (Å²) in [5, 5.41) is 13.6. The summed E-state index contributed by atoms with van der Waals surface area (Å²) < 4.78 is 18.5. The van der Waals surface area contributed by atoms with Gasteiger partial charge in [0, 0.05) is 25.8 Å². The normalized spacial score (nSPS) is 12.4. The molecule has 1 unspecified atom stereocenters. The van der Waals surface area contributed by atoms with E-state index in [1.54, 1.807) is 0 Å². The molecule has 18 heavy (non-hydrogen) atoms. The summed E-state index contributed by atoms with van der Waals surface area (Å²) in [6.45, 7) is 5.44. The summed E-state index contributed by atoms with van der Waals surface area (Å²) >= 11 is 0. The summed E-state index contributed by atoms with van der Waals surface area (Å²) in [5.41, 5.74) is 0.315. The molecular weight excluding hydrogens is 239 g/mol. The number of non-ortho nitro benzene ring substituents is 1. The minimum atomic E-state index is -0.602. The Morgan fingerprint density at radius 2 is 2.22 bits per heavy atom. The van der Waals surface area contributed by atoms with E-state index in [0.29, 0.717) is 25.3 Å². The number of rotatable bonds is 7. The summed E-state index contributed by atoms with van der Waals surface area (Å²) in [6, 6.07) is 3.55. The molecule has 0 spiro atoms. The Balaban J connectivity index is 2.54. The van der Waals surface area contributed by atoms with Crippen molar-refractivity contribution < 1.29 is 14.1 Å². The van der Waals surface area contributed by atoms with Crippen LogP contribution in [0.25, 0.3) is 0 Å². The van der Waals surface area contributed by atoms with E-state index in [2.05, 4.69) is 5.32 Å². The standard InChI is InChI=1S/C12H17FN2O3/c1-3-18-9(2)7-14-8-10-4-11(13)6-12(5-10)15(16)17/h4-6,9,14H,3,7-8H2,1-2H3. The van der Waals surface area contributed by atoms with E-state index >= 15 is 0 Å². The van der Waals surface area contributed by atoms with Gasteiger partial charge in [0.2, 0.25) is 0 Å². The van der Waals surface area contributed by atoms with Gasteiger partial charge in [0.05, 0.1) is 17.1 Å². The second-order valence-corrected chi connectivity index (χ2v) is 3.97. The van der Waals surface area contributed by atoms with Crippen LogP contribution in [-0.4, -0.2) is 24.2 Å². The van der Waals surface area contributed by atoms with E-state index < -0.39 is 10.7 Å². The van der Waals surface area contributed by atoms with Crippen molar-refractivity contribution >= 4 is 5.69 Å². The molecule has 0 aliphatic heterocycles. The third-order valence-electron chi connectivity index (χ3n) is 2.37. The van der Waals surface area contributed by atoms with Crippen molar-refractivity contribution in [2.45, 2.75) is 26.5 Å². The molecule has 1 atom stereocenters. The molecule has 0 aromatic heterocycles. The van der Waals surface area contributed by atoms with Gasteiger partial charge in [0.1, 0.15) is 5.82 Å². The highest BCUT2D eigenvalue weighted by Crippen LogP contribution is 2.16. The third-order valence-corrected chi connectivity index (χ3v) is 2.37. The summed E-state index contributed by atoms with van der Waals surface area (Å²) in [7, 11) is 0. The Kier molecular flexibility index (Phi) is 5.67. The highest BCUT2D eigenvalue weighted by atomic mass is 19.1. The fourth-order valence-electron chi connectivity index (χ4n) is 1.60. The van der Waals surface area contributed by atoms with Crippen LogP contribution in [-0.2, 0) is 11.3 Å². The van der Waals surface area contributed by atoms with Crippen LogP contribution < -0.4 is 5.32 Å². The van der Waals surface area contributed by atoms with Crippen LogP contribution in [0.15, 0.2) is 18.2 Å². The average molecular weight is 256 g/mol. The highest BCUT2D eigenvalue weighted by Gasteiger charge is 2.09. The topological polar surface area (TPSA) is 64.4 Å². The zero-order valence-electron chi connectivity index (χ0n) is 10.5. The van der Waals surface area contributed by atoms with Crippen LogP contribution in [0.2, 0.25) is 0 Å². The number of halogens is 1. The van der Waals surface area contributed by atoms with Gasteiger partial charge in [-0.15, -0.1) is 0 Å². The molecule has 1 aromatic rings. The highest BCUT2D eigenvalue weighted by molar-refractivity contribution is 5.35. The van der Waals surface area contributed by atoms with Gasteiger partial charge >= 0.3 is 0 Å². The summed E-state index contributed by atoms with van der Waals surface area (Å²) in [6.07, 6.45) is 0.0542. The van der Waals surface area contributed by atoms with E-state index in [9.17, 15) is 14.5 Å². The molecule has 0 bridgehead atoms. The molecule has 1 aromatic carbocycles. The molecule has 0 saturated carbocycles. The van der Waals surface area contributed by atoms with E-state index in [-0.39, 0.29) is 11.8 Å². The van der Waals surface area contributed by atoms with E-state index in [1.165, 1.54) is 12.1 Å². The maximum absolute atomic E-state index is 13.1. The Morgan fingerprint density at radius 1 is 1.50 bits per heavy atom. The van der Waals surface area contributed by atoms with Gasteiger partial charge in [-0.25, -0.2) is 4.39 Å². The van der Waals surface area contributed by atoms with Crippen LogP contribution in [0.1, 0.15) is 19.4 Å². The smallest absolute Gasteiger partial charge is 0.272 e. The molecule has 1 rings (SSSR count). The fraction of sp³-hybridized carbons (Fsp3) is 0.500. The van der Waals surface area contributed by atoms with Crippen LogP contribution in [0.3, 0.4) is 0 Å². The molecule has 0 saturated heterocycles. The van der Waals surface area contributed by atoms with Crippen LogP contribution in [0, 0.1) is 15.9 Å². The van der Waals surface area contributed by atoms with Gasteiger partial charge in [-0.3, -0.25) is 10.1 Å². The first kappa shape index (κ1) is 14.5. The predicted octanol–water partition coefficient (Wildman–Crippen LogP) is 2.25. The lowest BCUT2D eigenvalue weighted by Crippen LogP contribution is -2.26. The maximum Gasteiger partial charge on any atom is 0.272 e. The second kappa shape index (κ2) is 7.03. The average Bonchev–Trinajstić information content (AvgIpc) is 2.28. The number of ether oxygens (including phenoxy) is 1. The SMILES string of the molecule is CCOC(C)CNCc1cc(F)cc([N+](=O)[O-])c1. The minimum Gasteiger partial charge on any atom is -0.377 e. The number of hydrogen-bond donors (Lipinski definition) is 1.